The summed E-state index contributed by atoms with van der Waals surface area (Å²) in [5.41, 5.74) is 13.4. The minimum Gasteiger partial charge on any atom is -0.382 e. The van der Waals surface area contributed by atoms with Gasteiger partial charge in [-0.3, -0.25) is 4.98 Å². The molecule has 0 aliphatic heterocycles. The maximum Gasteiger partial charge on any atom is 0.215 e. The molecule has 1 aromatic carbocycles. The molecule has 122 valence electrons. The van der Waals surface area contributed by atoms with Crippen molar-refractivity contribution in [1.29, 1.82) is 0 Å². The number of halogens is 1. The molecule has 25 heavy (non-hydrogen) atoms. The Labute approximate surface area is 148 Å². The minimum atomic E-state index is 0.0846. The van der Waals surface area contributed by atoms with Crippen LogP contribution < -0.4 is 11.5 Å². The van der Waals surface area contributed by atoms with Crippen LogP contribution in [-0.2, 0) is 0 Å². The van der Waals surface area contributed by atoms with Gasteiger partial charge < -0.3 is 11.5 Å². The Morgan fingerprint density at radius 1 is 1.00 bits per heavy atom. The summed E-state index contributed by atoms with van der Waals surface area (Å²) in [6, 6.07) is 8.17. The summed E-state index contributed by atoms with van der Waals surface area (Å²) >= 11 is 5.86. The van der Waals surface area contributed by atoms with E-state index in [9.17, 15) is 0 Å². The molecule has 0 amide bonds. The number of nitrogens with zero attached hydrogens (tertiary/aromatic N) is 6. The molecular weight excluding hydrogens is 340 g/mol. The van der Waals surface area contributed by atoms with Crippen LogP contribution in [0, 0.1) is 6.57 Å². The number of azo groups is 1. The number of nitrogens with two attached hydrogens (primary N) is 2. The first-order valence-corrected chi connectivity index (χ1v) is 7.38. The second-order valence-corrected chi connectivity index (χ2v) is 5.28. The molecule has 9 heteroatoms. The van der Waals surface area contributed by atoms with Gasteiger partial charge in [-0.15, -0.1) is 5.11 Å². The van der Waals surface area contributed by atoms with Crippen LogP contribution in [-0.4, -0.2) is 15.0 Å². The number of hydrogen-bond acceptors (Lipinski definition) is 7. The Hall–Kier alpha value is -3.57. The van der Waals surface area contributed by atoms with Gasteiger partial charge in [0.05, 0.1) is 12.3 Å². The molecule has 8 nitrogen and oxygen atoms in total. The Bertz CT molecular complexity index is 972. The van der Waals surface area contributed by atoms with Crippen LogP contribution in [0.15, 0.2) is 53.0 Å². The average molecular weight is 351 g/mol. The molecule has 0 aliphatic rings. The molecule has 0 aliphatic carbocycles. The smallest absolute Gasteiger partial charge is 0.215 e. The maximum absolute atomic E-state index is 7.16. The summed E-state index contributed by atoms with van der Waals surface area (Å²) in [6.45, 7) is 7.16. The van der Waals surface area contributed by atoms with E-state index in [2.05, 4.69) is 30.0 Å². The highest BCUT2D eigenvalue weighted by Gasteiger charge is 2.12. The summed E-state index contributed by atoms with van der Waals surface area (Å²) in [4.78, 5) is 15.7. The van der Waals surface area contributed by atoms with Crippen LogP contribution in [0.5, 0.6) is 0 Å². The summed E-state index contributed by atoms with van der Waals surface area (Å²) in [5, 5.41) is 8.45. The first kappa shape index (κ1) is 16.3. The van der Waals surface area contributed by atoms with Crippen molar-refractivity contribution in [3.05, 3.63) is 59.2 Å². The van der Waals surface area contributed by atoms with E-state index in [1.165, 1.54) is 6.07 Å². The lowest BCUT2D eigenvalue weighted by Gasteiger charge is -2.06. The normalized spacial score (nSPS) is 10.7. The molecule has 2 aromatic heterocycles. The van der Waals surface area contributed by atoms with Gasteiger partial charge in [0.15, 0.2) is 23.1 Å². The van der Waals surface area contributed by atoms with Gasteiger partial charge in [-0.25, -0.2) is 14.8 Å². The van der Waals surface area contributed by atoms with E-state index < -0.39 is 0 Å². The van der Waals surface area contributed by atoms with Crippen LogP contribution in [0.1, 0.15) is 0 Å². The monoisotopic (exact) mass is 350 g/mol. The fraction of sp³-hybridized carbons (Fsp3) is 0. The maximum atomic E-state index is 7.16. The molecule has 3 aromatic rings. The second-order valence-electron chi connectivity index (χ2n) is 4.85. The third-order valence-electron chi connectivity index (χ3n) is 3.19. The first-order valence-electron chi connectivity index (χ1n) is 7.00. The lowest BCUT2D eigenvalue weighted by atomic mass is 10.2. The van der Waals surface area contributed by atoms with Gasteiger partial charge in [0, 0.05) is 23.0 Å². The zero-order valence-electron chi connectivity index (χ0n) is 12.8. The van der Waals surface area contributed by atoms with Gasteiger partial charge >= 0.3 is 0 Å². The first-order chi connectivity index (χ1) is 12.1. The quantitative estimate of drug-likeness (QED) is 0.538. The Morgan fingerprint density at radius 3 is 2.32 bits per heavy atom. The fourth-order valence-electron chi connectivity index (χ4n) is 2.00. The van der Waals surface area contributed by atoms with Crippen LogP contribution in [0.4, 0.5) is 28.7 Å². The van der Waals surface area contributed by atoms with Gasteiger partial charge in [0.2, 0.25) is 5.69 Å². The van der Waals surface area contributed by atoms with Crippen molar-refractivity contribution < 1.29 is 0 Å². The van der Waals surface area contributed by atoms with Crippen molar-refractivity contribution in [2.24, 2.45) is 10.2 Å². The SMILES string of the molecule is [C-]#[N+]c1cc(Cl)ccc1N=Nc1c(N)nc(-c2ccncc2)nc1N. The highest BCUT2D eigenvalue weighted by atomic mass is 35.5. The third-order valence-corrected chi connectivity index (χ3v) is 3.43. The van der Waals surface area contributed by atoms with Crippen molar-refractivity contribution in [2.45, 2.75) is 0 Å². The number of anilines is 2. The lowest BCUT2D eigenvalue weighted by Crippen LogP contribution is -2.01. The van der Waals surface area contributed by atoms with Gasteiger partial charge in [-0.1, -0.05) is 11.6 Å². The number of hydrogen-bond donors (Lipinski definition) is 2. The number of aromatic nitrogens is 3. The Kier molecular flexibility index (Phi) is 4.50. The van der Waals surface area contributed by atoms with E-state index in [0.717, 1.165) is 5.56 Å². The van der Waals surface area contributed by atoms with Crippen molar-refractivity contribution >= 4 is 40.3 Å². The van der Waals surface area contributed by atoms with Crippen LogP contribution >= 0.6 is 11.6 Å². The van der Waals surface area contributed by atoms with E-state index in [1.807, 2.05) is 0 Å². The van der Waals surface area contributed by atoms with E-state index in [1.54, 1.807) is 36.7 Å². The van der Waals surface area contributed by atoms with E-state index in [-0.39, 0.29) is 23.0 Å². The molecule has 0 radical (unpaired) electrons. The molecular formula is C16H11ClN8. The van der Waals surface area contributed by atoms with Gasteiger partial charge in [0.1, 0.15) is 0 Å². The Morgan fingerprint density at radius 2 is 1.68 bits per heavy atom. The highest BCUT2D eigenvalue weighted by molar-refractivity contribution is 6.31. The molecule has 0 bridgehead atoms. The summed E-state index contributed by atoms with van der Waals surface area (Å²) < 4.78 is 0. The molecule has 3 rings (SSSR count). The minimum absolute atomic E-state index is 0.0846. The van der Waals surface area contributed by atoms with E-state index >= 15 is 0 Å². The summed E-state index contributed by atoms with van der Waals surface area (Å²) in [5.74, 6) is 0.535. The van der Waals surface area contributed by atoms with Crippen molar-refractivity contribution in [2.75, 3.05) is 11.5 Å². The standard InChI is InChI=1S/C16H11ClN8/c1-20-12-8-10(17)2-3-11(12)24-25-13-14(18)22-16(23-15(13)19)9-4-6-21-7-5-9/h2-8H,(H4,18,19,22,23). The van der Waals surface area contributed by atoms with Crippen molar-refractivity contribution in [3.63, 3.8) is 0 Å². The topological polar surface area (TPSA) is 120 Å². The number of nitrogen functional groups attached to an aromatic ring is 2. The molecule has 4 N–H and O–H groups in total. The molecule has 0 atom stereocenters. The molecule has 0 saturated heterocycles. The average Bonchev–Trinajstić information content (AvgIpc) is 2.62. The van der Waals surface area contributed by atoms with E-state index in [0.29, 0.717) is 16.5 Å². The lowest BCUT2D eigenvalue weighted by molar-refractivity contribution is 1.14. The third kappa shape index (κ3) is 3.52. The van der Waals surface area contributed by atoms with Gasteiger partial charge in [0.25, 0.3) is 0 Å². The number of pyridine rings is 1. The van der Waals surface area contributed by atoms with Gasteiger partial charge in [-0.2, -0.15) is 5.11 Å². The predicted molar refractivity (Wildman–Crippen MR) is 96.0 cm³/mol. The van der Waals surface area contributed by atoms with Crippen molar-refractivity contribution in [3.8, 4) is 11.4 Å². The second kappa shape index (κ2) is 6.90. The highest BCUT2D eigenvalue weighted by Crippen LogP contribution is 2.35. The summed E-state index contributed by atoms with van der Waals surface area (Å²) in [6.07, 6.45) is 3.23. The van der Waals surface area contributed by atoms with Crippen molar-refractivity contribution in [1.82, 2.24) is 15.0 Å². The van der Waals surface area contributed by atoms with E-state index in [4.69, 9.17) is 29.6 Å². The fourth-order valence-corrected chi connectivity index (χ4v) is 2.16. The molecule has 0 fully saturated rings. The van der Waals surface area contributed by atoms with Gasteiger partial charge in [-0.05, 0) is 30.3 Å². The molecule has 2 heterocycles. The predicted octanol–water partition coefficient (Wildman–Crippen LogP) is 4.32. The largest absolute Gasteiger partial charge is 0.382 e. The van der Waals surface area contributed by atoms with Crippen LogP contribution in [0.25, 0.3) is 16.2 Å². The van der Waals surface area contributed by atoms with Crippen LogP contribution in [0.2, 0.25) is 5.02 Å². The Balaban J connectivity index is 1.98. The zero-order chi connectivity index (χ0) is 17.8. The molecule has 0 saturated carbocycles. The summed E-state index contributed by atoms with van der Waals surface area (Å²) in [7, 11) is 0. The molecule has 0 unspecified atom stereocenters. The molecule has 0 spiro atoms. The number of rotatable bonds is 3. The zero-order valence-corrected chi connectivity index (χ0v) is 13.5. The number of benzene rings is 1. The van der Waals surface area contributed by atoms with Crippen LogP contribution in [0.3, 0.4) is 0 Å².